The third-order valence-corrected chi connectivity index (χ3v) is 1.34. The van der Waals surface area contributed by atoms with E-state index in [9.17, 15) is 14.4 Å². The topological polar surface area (TPSA) is 112 Å². The number of carboxylic acids is 3. The first-order valence-corrected chi connectivity index (χ1v) is 3.74. The highest BCUT2D eigenvalue weighted by Gasteiger charge is 2.19. The standard InChI is InChI=1S/C6H8O4.C3H4O2/c1-3(5(7)8)4(2)6(9)10;1-2-3(4)5/h4H,1H2,2H3,(H,7,8)(H,9,10);2H,1H2,(H,4,5). The van der Waals surface area contributed by atoms with Crippen LogP contribution in [0.4, 0.5) is 0 Å². The molecule has 0 bridgehead atoms. The number of carboxylic acid groups (broad SMARTS) is 3. The van der Waals surface area contributed by atoms with Crippen LogP contribution >= 0.6 is 0 Å². The molecule has 0 aromatic heterocycles. The molecule has 0 amide bonds. The Labute approximate surface area is 86.2 Å². The summed E-state index contributed by atoms with van der Waals surface area (Å²) in [6.07, 6.45) is 0.833. The fraction of sp³-hybridized carbons (Fsp3) is 0.222. The molecular weight excluding hydrogens is 204 g/mol. The van der Waals surface area contributed by atoms with Gasteiger partial charge in [-0.05, 0) is 6.92 Å². The molecule has 0 aliphatic heterocycles. The van der Waals surface area contributed by atoms with Crippen molar-refractivity contribution in [2.75, 3.05) is 0 Å². The quantitative estimate of drug-likeness (QED) is 0.593. The summed E-state index contributed by atoms with van der Waals surface area (Å²) in [5.41, 5.74) is -0.299. The summed E-state index contributed by atoms with van der Waals surface area (Å²) in [7, 11) is 0. The zero-order valence-electron chi connectivity index (χ0n) is 8.14. The van der Waals surface area contributed by atoms with Gasteiger partial charge in [0.25, 0.3) is 0 Å². The van der Waals surface area contributed by atoms with Crippen molar-refractivity contribution >= 4 is 17.9 Å². The van der Waals surface area contributed by atoms with E-state index in [0.717, 1.165) is 6.08 Å². The minimum Gasteiger partial charge on any atom is -0.481 e. The number of carbonyl (C=O) groups is 3. The Bertz CT molecular complexity index is 291. The van der Waals surface area contributed by atoms with Gasteiger partial charge in [-0.3, -0.25) is 4.79 Å². The molecule has 1 atom stereocenters. The Morgan fingerprint density at radius 2 is 1.53 bits per heavy atom. The smallest absolute Gasteiger partial charge is 0.331 e. The SMILES string of the molecule is C=C(C(=O)O)C(C)C(=O)O.C=CC(=O)O. The Morgan fingerprint density at radius 3 is 1.60 bits per heavy atom. The molecule has 0 aromatic carbocycles. The van der Waals surface area contributed by atoms with Gasteiger partial charge in [-0.25, -0.2) is 9.59 Å². The summed E-state index contributed by atoms with van der Waals surface area (Å²) >= 11 is 0. The first kappa shape index (κ1) is 15.4. The van der Waals surface area contributed by atoms with Gasteiger partial charge < -0.3 is 15.3 Å². The van der Waals surface area contributed by atoms with Crippen molar-refractivity contribution in [3.05, 3.63) is 24.8 Å². The van der Waals surface area contributed by atoms with Crippen LogP contribution in [0.3, 0.4) is 0 Å². The fourth-order valence-corrected chi connectivity index (χ4v) is 0.334. The van der Waals surface area contributed by atoms with E-state index in [2.05, 4.69) is 13.2 Å². The number of hydrogen-bond acceptors (Lipinski definition) is 3. The molecule has 0 aromatic rings. The fourth-order valence-electron chi connectivity index (χ4n) is 0.334. The number of aliphatic carboxylic acids is 3. The summed E-state index contributed by atoms with van der Waals surface area (Å²) in [6.45, 7) is 7.33. The summed E-state index contributed by atoms with van der Waals surface area (Å²) in [4.78, 5) is 29.5. The molecule has 3 N–H and O–H groups in total. The molecule has 6 nitrogen and oxygen atoms in total. The van der Waals surface area contributed by atoms with E-state index in [0.29, 0.717) is 0 Å². The van der Waals surface area contributed by atoms with Gasteiger partial charge in [0.1, 0.15) is 0 Å². The summed E-state index contributed by atoms with van der Waals surface area (Å²) in [6, 6.07) is 0. The maximum absolute atomic E-state index is 10.1. The third-order valence-electron chi connectivity index (χ3n) is 1.34. The van der Waals surface area contributed by atoms with E-state index >= 15 is 0 Å². The van der Waals surface area contributed by atoms with E-state index in [1.54, 1.807) is 0 Å². The minimum absolute atomic E-state index is 0.299. The highest BCUT2D eigenvalue weighted by atomic mass is 16.4. The van der Waals surface area contributed by atoms with Crippen LogP contribution in [0.5, 0.6) is 0 Å². The maximum Gasteiger partial charge on any atom is 0.331 e. The van der Waals surface area contributed by atoms with Crippen LogP contribution in [0.25, 0.3) is 0 Å². The van der Waals surface area contributed by atoms with Crippen molar-refractivity contribution in [2.24, 2.45) is 5.92 Å². The van der Waals surface area contributed by atoms with Crippen molar-refractivity contribution < 1.29 is 29.7 Å². The van der Waals surface area contributed by atoms with E-state index in [1.165, 1.54) is 6.92 Å². The van der Waals surface area contributed by atoms with Crippen LogP contribution in [-0.2, 0) is 14.4 Å². The molecule has 0 fully saturated rings. The van der Waals surface area contributed by atoms with Crippen LogP contribution in [0.1, 0.15) is 6.92 Å². The second-order valence-corrected chi connectivity index (χ2v) is 2.43. The molecule has 0 aliphatic carbocycles. The Balaban J connectivity index is 0. The van der Waals surface area contributed by atoms with Crippen LogP contribution < -0.4 is 0 Å². The second-order valence-electron chi connectivity index (χ2n) is 2.43. The molecule has 0 spiro atoms. The summed E-state index contributed by atoms with van der Waals surface area (Å²) in [5, 5.41) is 24.1. The van der Waals surface area contributed by atoms with Crippen LogP contribution in [0, 0.1) is 5.92 Å². The number of hydrogen-bond donors (Lipinski definition) is 3. The van der Waals surface area contributed by atoms with Crippen LogP contribution in [-0.4, -0.2) is 33.2 Å². The average molecular weight is 216 g/mol. The maximum atomic E-state index is 10.1. The Hall–Kier alpha value is -2.11. The monoisotopic (exact) mass is 216 g/mol. The molecule has 0 saturated carbocycles. The average Bonchev–Trinajstić information content (AvgIpc) is 2.16. The van der Waals surface area contributed by atoms with Gasteiger partial charge in [-0.15, -0.1) is 0 Å². The van der Waals surface area contributed by atoms with Gasteiger partial charge in [-0.1, -0.05) is 13.2 Å². The van der Waals surface area contributed by atoms with Gasteiger partial charge in [0, 0.05) is 11.6 Å². The van der Waals surface area contributed by atoms with E-state index in [4.69, 9.17) is 15.3 Å². The minimum atomic E-state index is -1.27. The largest absolute Gasteiger partial charge is 0.481 e. The van der Waals surface area contributed by atoms with E-state index in [-0.39, 0.29) is 5.57 Å². The molecule has 0 aliphatic rings. The second kappa shape index (κ2) is 7.31. The first-order chi connectivity index (χ1) is 6.73. The van der Waals surface area contributed by atoms with E-state index < -0.39 is 23.8 Å². The van der Waals surface area contributed by atoms with Crippen molar-refractivity contribution in [1.29, 1.82) is 0 Å². The Morgan fingerprint density at radius 1 is 1.20 bits per heavy atom. The highest BCUT2D eigenvalue weighted by Crippen LogP contribution is 2.07. The van der Waals surface area contributed by atoms with Gasteiger partial charge >= 0.3 is 17.9 Å². The predicted molar refractivity (Wildman–Crippen MR) is 51.4 cm³/mol. The molecular formula is C9H12O6. The molecule has 1 unspecified atom stereocenters. The predicted octanol–water partition coefficient (Wildman–Crippen LogP) is 0.605. The molecule has 15 heavy (non-hydrogen) atoms. The van der Waals surface area contributed by atoms with Gasteiger partial charge in [0.15, 0.2) is 0 Å². The molecule has 0 radical (unpaired) electrons. The summed E-state index contributed by atoms with van der Waals surface area (Å²) in [5.74, 6) is -4.44. The van der Waals surface area contributed by atoms with Crippen molar-refractivity contribution in [2.45, 2.75) is 6.92 Å². The molecule has 0 rings (SSSR count). The van der Waals surface area contributed by atoms with Crippen LogP contribution in [0.2, 0.25) is 0 Å². The molecule has 6 heteroatoms. The molecule has 84 valence electrons. The normalized spacial score (nSPS) is 10.2. The first-order valence-electron chi connectivity index (χ1n) is 3.74. The van der Waals surface area contributed by atoms with Gasteiger partial charge in [0.2, 0.25) is 0 Å². The summed E-state index contributed by atoms with van der Waals surface area (Å²) < 4.78 is 0. The van der Waals surface area contributed by atoms with Crippen LogP contribution in [0.15, 0.2) is 24.8 Å². The zero-order chi connectivity index (χ0) is 12.6. The molecule has 0 saturated heterocycles. The lowest BCUT2D eigenvalue weighted by Gasteiger charge is -2.03. The highest BCUT2D eigenvalue weighted by molar-refractivity contribution is 5.92. The van der Waals surface area contributed by atoms with Crippen molar-refractivity contribution in [3.63, 3.8) is 0 Å². The zero-order valence-corrected chi connectivity index (χ0v) is 8.14. The van der Waals surface area contributed by atoms with Gasteiger partial charge in [0.05, 0.1) is 5.92 Å². The Kier molecular flexibility index (Phi) is 7.49. The lowest BCUT2D eigenvalue weighted by Crippen LogP contribution is -2.17. The van der Waals surface area contributed by atoms with Crippen molar-refractivity contribution in [1.82, 2.24) is 0 Å². The van der Waals surface area contributed by atoms with Crippen molar-refractivity contribution in [3.8, 4) is 0 Å². The third kappa shape index (κ3) is 8.23. The number of rotatable bonds is 4. The lowest BCUT2D eigenvalue weighted by molar-refractivity contribution is -0.143. The van der Waals surface area contributed by atoms with E-state index in [1.807, 2.05) is 0 Å². The van der Waals surface area contributed by atoms with Gasteiger partial charge in [-0.2, -0.15) is 0 Å². The molecule has 0 heterocycles. The lowest BCUT2D eigenvalue weighted by atomic mass is 10.0.